The van der Waals surface area contributed by atoms with Crippen LogP contribution in [0, 0.1) is 0 Å². The number of hydrogen-bond donors (Lipinski definition) is 2. The number of carbonyl (C=O) groups excluding carboxylic acids is 1. The molecule has 0 radical (unpaired) electrons. The largest absolute Gasteiger partial charge is 0.435 e. The van der Waals surface area contributed by atoms with Crippen molar-refractivity contribution in [3.05, 3.63) is 52.8 Å². The van der Waals surface area contributed by atoms with E-state index >= 15 is 0 Å². The van der Waals surface area contributed by atoms with Crippen LogP contribution in [0.3, 0.4) is 0 Å². The van der Waals surface area contributed by atoms with Gasteiger partial charge in [-0.15, -0.1) is 0 Å². The molecule has 124 valence electrons. The van der Waals surface area contributed by atoms with Crippen LogP contribution in [-0.2, 0) is 19.3 Å². The second-order valence-electron chi connectivity index (χ2n) is 4.70. The molecule has 0 unspecified atom stereocenters. The van der Waals surface area contributed by atoms with Crippen molar-refractivity contribution in [1.29, 1.82) is 0 Å². The molecule has 2 aromatic rings. The van der Waals surface area contributed by atoms with Crippen molar-refractivity contribution in [2.75, 3.05) is 6.54 Å². The lowest BCUT2D eigenvalue weighted by atomic mass is 10.2. The molecule has 0 spiro atoms. The molecule has 0 bridgehead atoms. The van der Waals surface area contributed by atoms with Crippen LogP contribution in [0.1, 0.15) is 11.3 Å². The second kappa shape index (κ2) is 7.36. The number of benzene rings is 1. The third-order valence-corrected chi connectivity index (χ3v) is 3.18. The van der Waals surface area contributed by atoms with Gasteiger partial charge in [0.2, 0.25) is 0 Å². The molecule has 0 atom stereocenters. The number of rotatable bonds is 5. The Morgan fingerprint density at radius 1 is 1.17 bits per heavy atom. The van der Waals surface area contributed by atoms with E-state index in [0.29, 0.717) is 11.6 Å². The fourth-order valence-electron chi connectivity index (χ4n) is 1.77. The van der Waals surface area contributed by atoms with E-state index in [1.165, 1.54) is 6.20 Å². The number of nitrogens with one attached hydrogen (secondary N) is 2. The highest BCUT2D eigenvalue weighted by atomic mass is 35.5. The minimum atomic E-state index is -4.46. The smallest absolute Gasteiger partial charge is 0.336 e. The lowest BCUT2D eigenvalue weighted by molar-refractivity contribution is -0.141. The number of halogens is 4. The Bertz CT molecular complexity index is 655. The summed E-state index contributed by atoms with van der Waals surface area (Å²) in [6.07, 6.45) is -3.25. The number of alkyl halides is 3. The Morgan fingerprint density at radius 3 is 2.48 bits per heavy atom. The van der Waals surface area contributed by atoms with E-state index in [4.69, 9.17) is 11.6 Å². The maximum atomic E-state index is 12.4. The van der Waals surface area contributed by atoms with Gasteiger partial charge in [-0.1, -0.05) is 23.7 Å². The van der Waals surface area contributed by atoms with Gasteiger partial charge in [0.1, 0.15) is 0 Å². The average molecular weight is 347 g/mol. The van der Waals surface area contributed by atoms with Crippen molar-refractivity contribution in [2.45, 2.75) is 19.3 Å². The summed E-state index contributed by atoms with van der Waals surface area (Å²) in [7, 11) is 0. The molecule has 2 N–H and O–H groups in total. The minimum Gasteiger partial charge on any atom is -0.336 e. The normalized spacial score (nSPS) is 11.3. The number of amides is 2. The Morgan fingerprint density at radius 2 is 1.87 bits per heavy atom. The molecule has 0 aliphatic carbocycles. The highest BCUT2D eigenvalue weighted by Gasteiger charge is 2.33. The van der Waals surface area contributed by atoms with Gasteiger partial charge >= 0.3 is 12.2 Å². The maximum absolute atomic E-state index is 12.4. The van der Waals surface area contributed by atoms with Gasteiger partial charge in [0.25, 0.3) is 0 Å². The fraction of sp³-hybridized carbons (Fsp3) is 0.286. The van der Waals surface area contributed by atoms with Crippen molar-refractivity contribution in [1.82, 2.24) is 20.4 Å². The SMILES string of the molecule is O=C(NCCn1ccc(C(F)(F)F)n1)NCc1ccc(Cl)cc1. The van der Waals surface area contributed by atoms with Gasteiger partial charge in [0.05, 0.1) is 6.54 Å². The van der Waals surface area contributed by atoms with Crippen molar-refractivity contribution >= 4 is 17.6 Å². The number of urea groups is 1. The quantitative estimate of drug-likeness (QED) is 0.874. The molecule has 0 saturated carbocycles. The molecule has 2 amide bonds. The van der Waals surface area contributed by atoms with E-state index in [1.807, 2.05) is 0 Å². The molecule has 2 rings (SSSR count). The van der Waals surface area contributed by atoms with Crippen LogP contribution in [0.2, 0.25) is 5.02 Å². The monoisotopic (exact) mass is 346 g/mol. The molecule has 23 heavy (non-hydrogen) atoms. The Hall–Kier alpha value is -2.22. The van der Waals surface area contributed by atoms with Gasteiger partial charge in [-0.3, -0.25) is 4.68 Å². The second-order valence-corrected chi connectivity index (χ2v) is 5.13. The van der Waals surface area contributed by atoms with E-state index in [2.05, 4.69) is 15.7 Å². The molecular weight excluding hydrogens is 333 g/mol. The molecule has 1 aromatic carbocycles. The predicted octanol–water partition coefficient (Wildman–Crippen LogP) is 3.05. The van der Waals surface area contributed by atoms with Gasteiger partial charge < -0.3 is 10.6 Å². The van der Waals surface area contributed by atoms with Gasteiger partial charge in [-0.05, 0) is 23.8 Å². The molecule has 9 heteroatoms. The first-order valence-electron chi connectivity index (χ1n) is 6.71. The average Bonchev–Trinajstić information content (AvgIpc) is 2.96. The van der Waals surface area contributed by atoms with Gasteiger partial charge in [-0.2, -0.15) is 18.3 Å². The molecule has 1 heterocycles. The van der Waals surface area contributed by atoms with E-state index in [0.717, 1.165) is 16.3 Å². The van der Waals surface area contributed by atoms with Crippen LogP contribution in [0.25, 0.3) is 0 Å². The molecule has 1 aromatic heterocycles. The topological polar surface area (TPSA) is 59.0 Å². The zero-order valence-corrected chi connectivity index (χ0v) is 12.7. The third kappa shape index (κ3) is 5.48. The van der Waals surface area contributed by atoms with Crippen LogP contribution in [0.4, 0.5) is 18.0 Å². The summed E-state index contributed by atoms with van der Waals surface area (Å²) in [6.45, 7) is 0.624. The van der Waals surface area contributed by atoms with E-state index in [-0.39, 0.29) is 13.1 Å². The first-order chi connectivity index (χ1) is 10.8. The van der Waals surface area contributed by atoms with Crippen LogP contribution in [-0.4, -0.2) is 22.4 Å². The van der Waals surface area contributed by atoms with E-state index in [9.17, 15) is 18.0 Å². The first-order valence-corrected chi connectivity index (χ1v) is 7.09. The van der Waals surface area contributed by atoms with Gasteiger partial charge in [0, 0.05) is 24.3 Å². The van der Waals surface area contributed by atoms with Crippen molar-refractivity contribution in [3.63, 3.8) is 0 Å². The molecule has 0 saturated heterocycles. The minimum absolute atomic E-state index is 0.143. The van der Waals surface area contributed by atoms with Gasteiger partial charge in [0.15, 0.2) is 5.69 Å². The van der Waals surface area contributed by atoms with Gasteiger partial charge in [-0.25, -0.2) is 4.79 Å². The molecular formula is C14H14ClF3N4O. The first kappa shape index (κ1) is 17.1. The summed E-state index contributed by atoms with van der Waals surface area (Å²) in [5.74, 6) is 0. The van der Waals surface area contributed by atoms with Crippen LogP contribution in [0.5, 0.6) is 0 Å². The highest BCUT2D eigenvalue weighted by Crippen LogP contribution is 2.27. The van der Waals surface area contributed by atoms with Crippen LogP contribution < -0.4 is 10.6 Å². The van der Waals surface area contributed by atoms with Crippen molar-refractivity contribution in [3.8, 4) is 0 Å². The summed E-state index contributed by atoms with van der Waals surface area (Å²) in [4.78, 5) is 11.6. The Balaban J connectivity index is 1.70. The molecule has 0 aliphatic heterocycles. The lowest BCUT2D eigenvalue weighted by Crippen LogP contribution is -2.36. The summed E-state index contributed by atoms with van der Waals surface area (Å²) in [5.41, 5.74) is -0.0730. The summed E-state index contributed by atoms with van der Waals surface area (Å²) >= 11 is 5.75. The van der Waals surface area contributed by atoms with E-state index < -0.39 is 17.9 Å². The Kier molecular flexibility index (Phi) is 5.49. The zero-order chi connectivity index (χ0) is 16.9. The number of hydrogen-bond acceptors (Lipinski definition) is 2. The molecule has 0 aliphatic rings. The van der Waals surface area contributed by atoms with Crippen molar-refractivity contribution < 1.29 is 18.0 Å². The fourth-order valence-corrected chi connectivity index (χ4v) is 1.89. The van der Waals surface area contributed by atoms with Crippen LogP contribution >= 0.6 is 11.6 Å². The standard InChI is InChI=1S/C14H14ClF3N4O/c15-11-3-1-10(2-4-11)9-20-13(23)19-6-8-22-7-5-12(21-22)14(16,17)18/h1-5,7H,6,8-9H2,(H2,19,20,23). The predicted molar refractivity (Wildman–Crippen MR) is 78.9 cm³/mol. The molecule has 5 nitrogen and oxygen atoms in total. The highest BCUT2D eigenvalue weighted by molar-refractivity contribution is 6.30. The number of nitrogens with zero attached hydrogens (tertiary/aromatic N) is 2. The van der Waals surface area contributed by atoms with E-state index in [1.54, 1.807) is 24.3 Å². The summed E-state index contributed by atoms with van der Waals surface area (Å²) < 4.78 is 38.3. The number of aromatic nitrogens is 2. The Labute approximate surface area is 135 Å². The summed E-state index contributed by atoms with van der Waals surface area (Å²) in [6, 6.07) is 7.47. The summed E-state index contributed by atoms with van der Waals surface area (Å²) in [5, 5.41) is 9.17. The van der Waals surface area contributed by atoms with Crippen molar-refractivity contribution in [2.24, 2.45) is 0 Å². The lowest BCUT2D eigenvalue weighted by Gasteiger charge is -2.08. The maximum Gasteiger partial charge on any atom is 0.435 e. The zero-order valence-electron chi connectivity index (χ0n) is 11.9. The molecule has 0 fully saturated rings. The van der Waals surface area contributed by atoms with Crippen LogP contribution in [0.15, 0.2) is 36.5 Å². The number of carbonyl (C=O) groups is 1. The third-order valence-electron chi connectivity index (χ3n) is 2.92.